The van der Waals surface area contributed by atoms with Gasteiger partial charge < -0.3 is 0 Å². The molecule has 0 heterocycles. The molecular weight excluding hydrogens is 625 g/mol. The molecule has 0 unspecified atom stereocenters. The second-order valence-electron chi connectivity index (χ2n) is 6.96. The van der Waals surface area contributed by atoms with Crippen LogP contribution in [0.25, 0.3) is 0 Å². The van der Waals surface area contributed by atoms with Crippen molar-refractivity contribution in [1.82, 2.24) is 0 Å². The fourth-order valence-corrected chi connectivity index (χ4v) is 2.81. The summed E-state index contributed by atoms with van der Waals surface area (Å²) in [6.45, 7) is 26.1. The normalized spacial score (nSPS) is 20.6. The first-order valence-corrected chi connectivity index (χ1v) is 15.8. The van der Waals surface area contributed by atoms with Crippen LogP contribution in [0.1, 0.15) is 83.1 Å². The molecule has 0 aromatic heterocycles. The average molecular weight is 670 g/mol. The van der Waals surface area contributed by atoms with Gasteiger partial charge in [-0.05, 0) is 98.3 Å². The summed E-state index contributed by atoms with van der Waals surface area (Å²) in [4.78, 5) is 0. The predicted octanol–water partition coefficient (Wildman–Crippen LogP) is 7.35. The van der Waals surface area contributed by atoms with Gasteiger partial charge in [-0.15, -0.1) is 0 Å². The summed E-state index contributed by atoms with van der Waals surface area (Å²) in [7, 11) is 9.14. The topological polar surface area (TPSA) is 0 Å². The van der Waals surface area contributed by atoms with Gasteiger partial charge in [0.05, 0.1) is 0 Å². The first kappa shape index (κ1) is 39.7. The molecule has 30 heavy (non-hydrogen) atoms. The van der Waals surface area contributed by atoms with Gasteiger partial charge in [0.1, 0.15) is 11.5 Å². The molecule has 0 aromatic rings. The summed E-state index contributed by atoms with van der Waals surface area (Å²) in [5.74, 6) is 16.8. The Balaban J connectivity index is -0.000000159. The van der Waals surface area contributed by atoms with Crippen molar-refractivity contribution in [1.29, 1.82) is 0 Å². The van der Waals surface area contributed by atoms with Gasteiger partial charge in [-0.2, -0.15) is 0 Å². The standard InChI is InChI=1S/2C10H15.2C2H6S.2ClH.2Ru/c2*1-6-7(2)9(4)10(5)8(6)3;2*1-2-3;;;;/h2*1-5H3;2*3H,2H2,1H3;2*1H;;/q;;;;;;2*+1. The molecule has 0 atom stereocenters. The van der Waals surface area contributed by atoms with Crippen molar-refractivity contribution in [3.8, 4) is 0 Å². The average Bonchev–Trinajstić information content (AvgIpc) is 3.03. The second-order valence-corrected chi connectivity index (χ2v) is 8.37. The summed E-state index contributed by atoms with van der Waals surface area (Å²) in [5.41, 5.74) is 0. The monoisotopic (exact) mass is 670 g/mol. The number of hydrogen-bond donors (Lipinski definition) is 0. The van der Waals surface area contributed by atoms with Crippen molar-refractivity contribution < 1.29 is 34.6 Å². The van der Waals surface area contributed by atoms with Crippen LogP contribution in [-0.2, 0) is 59.9 Å². The maximum atomic E-state index is 4.57. The Kier molecular flexibility index (Phi) is 32.6. The van der Waals surface area contributed by atoms with Crippen molar-refractivity contribution in [2.45, 2.75) is 83.1 Å². The molecule has 2 saturated carbocycles. The summed E-state index contributed by atoms with van der Waals surface area (Å²) < 4.78 is 0. The molecule has 10 radical (unpaired) electrons. The molecule has 180 valence electrons. The van der Waals surface area contributed by atoms with Crippen LogP contribution in [-0.4, -0.2) is 11.5 Å². The molecule has 2 aliphatic rings. The van der Waals surface area contributed by atoms with E-state index in [0.717, 1.165) is 11.5 Å². The van der Waals surface area contributed by atoms with Crippen molar-refractivity contribution >= 4 is 44.6 Å². The minimum atomic E-state index is 1.06. The van der Waals surface area contributed by atoms with E-state index in [1.165, 1.54) is 59.2 Å². The van der Waals surface area contributed by atoms with E-state index < -0.39 is 0 Å². The first-order valence-electron chi connectivity index (χ1n) is 9.89. The van der Waals surface area contributed by atoms with Crippen molar-refractivity contribution in [3.63, 3.8) is 0 Å². The summed E-state index contributed by atoms with van der Waals surface area (Å²) in [6.07, 6.45) is 0. The molecule has 0 amide bonds. The van der Waals surface area contributed by atoms with Crippen molar-refractivity contribution in [2.75, 3.05) is 11.5 Å². The fraction of sp³-hybridized carbons (Fsp3) is 0.583. The quantitative estimate of drug-likeness (QED) is 0.187. The van der Waals surface area contributed by atoms with E-state index in [4.69, 9.17) is 0 Å². The van der Waals surface area contributed by atoms with E-state index in [9.17, 15) is 0 Å². The zero-order valence-electron chi connectivity index (χ0n) is 20.9. The second kappa shape index (κ2) is 24.6. The molecule has 0 bridgehead atoms. The Morgan fingerprint density at radius 3 is 0.467 bits per heavy atom. The third kappa shape index (κ3) is 14.7. The van der Waals surface area contributed by atoms with Gasteiger partial charge in [0.15, 0.2) is 0 Å². The number of halogens is 2. The van der Waals surface area contributed by atoms with Crippen molar-refractivity contribution in [2.24, 2.45) is 0 Å². The van der Waals surface area contributed by atoms with Crippen LogP contribution in [0.4, 0.5) is 0 Å². The van der Waals surface area contributed by atoms with Crippen LogP contribution in [0.3, 0.4) is 0 Å². The molecule has 2 aliphatic carbocycles. The van der Waals surface area contributed by atoms with E-state index in [0.29, 0.717) is 0 Å². The van der Waals surface area contributed by atoms with Gasteiger partial charge in [-0.25, -0.2) is 0 Å². The first-order chi connectivity index (χ1) is 13.9. The Bertz CT molecular complexity index is 230. The number of hydrogen-bond acceptors (Lipinski definition) is 0. The molecule has 0 aromatic carbocycles. The number of rotatable bonds is 0. The molecule has 0 nitrogen and oxygen atoms in total. The van der Waals surface area contributed by atoms with Crippen LogP contribution in [0, 0.1) is 59.2 Å². The molecule has 6 heteroatoms. The van der Waals surface area contributed by atoms with Gasteiger partial charge >= 0.3 is 54.0 Å². The Morgan fingerprint density at radius 1 is 0.400 bits per heavy atom. The van der Waals surface area contributed by atoms with Gasteiger partial charge in [-0.3, -0.25) is 0 Å². The molecule has 0 spiro atoms. The van der Waals surface area contributed by atoms with E-state index in [1.807, 2.05) is 48.5 Å². The van der Waals surface area contributed by atoms with Crippen LogP contribution in [0.5, 0.6) is 0 Å². The van der Waals surface area contributed by atoms with E-state index in [-0.39, 0.29) is 0 Å². The van der Waals surface area contributed by atoms with E-state index in [2.05, 4.69) is 114 Å². The summed E-state index contributed by atoms with van der Waals surface area (Å²) in [6, 6.07) is 0. The summed E-state index contributed by atoms with van der Waals surface area (Å²) >= 11 is 10.0. The molecule has 0 aliphatic heterocycles. The van der Waals surface area contributed by atoms with Gasteiger partial charge in [0.25, 0.3) is 0 Å². The molecule has 0 N–H and O–H groups in total. The Labute approximate surface area is 231 Å². The van der Waals surface area contributed by atoms with E-state index in [1.54, 1.807) is 0 Å². The SMILES string of the molecule is CC[SH2+].CC[SH2+].C[C]1[C](C)[C](C)[C](C)[C]1C.C[C]1[C](C)[C](C)[C](C)[C]1C.[Cl][Ru].[Cl][Ru]. The maximum absolute atomic E-state index is 4.57. The predicted molar refractivity (Wildman–Crippen MR) is 142 cm³/mol. The molecule has 0 saturated heterocycles. The Morgan fingerprint density at radius 2 is 0.433 bits per heavy atom. The van der Waals surface area contributed by atoms with Crippen LogP contribution >= 0.6 is 19.4 Å². The van der Waals surface area contributed by atoms with Crippen molar-refractivity contribution in [3.05, 3.63) is 59.2 Å². The van der Waals surface area contributed by atoms with Gasteiger partial charge in [0.2, 0.25) is 0 Å². The van der Waals surface area contributed by atoms with Crippen LogP contribution in [0.15, 0.2) is 0 Å². The molecule has 2 fully saturated rings. The zero-order valence-corrected chi connectivity index (χ0v) is 27.9. The van der Waals surface area contributed by atoms with Crippen LogP contribution < -0.4 is 0 Å². The van der Waals surface area contributed by atoms with E-state index >= 15 is 0 Å². The van der Waals surface area contributed by atoms with Gasteiger partial charge in [-0.1, -0.05) is 69.2 Å². The van der Waals surface area contributed by atoms with Gasteiger partial charge in [0, 0.05) is 0 Å². The van der Waals surface area contributed by atoms with Crippen LogP contribution in [0.2, 0.25) is 0 Å². The summed E-state index contributed by atoms with van der Waals surface area (Å²) in [5, 5.41) is 0. The third-order valence-corrected chi connectivity index (χ3v) is 5.62. The molecular formula is C24H44Cl2Ru2S2+2. The minimum absolute atomic E-state index is 1.06. The fourth-order valence-electron chi connectivity index (χ4n) is 2.81. The molecule has 2 rings (SSSR count). The zero-order chi connectivity index (χ0) is 25.2. The Hall–Kier alpha value is 2.53. The third-order valence-electron chi connectivity index (χ3n) is 5.62.